The van der Waals surface area contributed by atoms with Gasteiger partial charge in [-0.3, -0.25) is 0 Å². The topological polar surface area (TPSA) is 44.5 Å². The van der Waals surface area contributed by atoms with Crippen molar-refractivity contribution < 1.29 is 13.9 Å². The van der Waals surface area contributed by atoms with E-state index in [-0.39, 0.29) is 12.4 Å². The molecule has 2 N–H and O–H groups in total. The molecule has 2 aromatic rings. The van der Waals surface area contributed by atoms with Crippen molar-refractivity contribution in [3.8, 4) is 22.6 Å². The van der Waals surface area contributed by atoms with Crippen LogP contribution in [0.4, 0.5) is 4.39 Å². The molecule has 5 heteroatoms. The minimum absolute atomic E-state index is 0.131. The Balaban J connectivity index is 2.60. The Bertz CT molecular complexity index is 632. The fourth-order valence-electron chi connectivity index (χ4n) is 2.02. The fraction of sp³-hybridized carbons (Fsp3) is 0.200. The maximum atomic E-state index is 13.5. The smallest absolute Gasteiger partial charge is 0.149 e. The molecule has 0 aliphatic carbocycles. The van der Waals surface area contributed by atoms with Gasteiger partial charge in [0.05, 0.1) is 14.2 Å². The van der Waals surface area contributed by atoms with Crippen molar-refractivity contribution in [1.82, 2.24) is 0 Å². The lowest BCUT2D eigenvalue weighted by Crippen LogP contribution is -2.00. The Hall–Kier alpha value is -1.78. The summed E-state index contributed by atoms with van der Waals surface area (Å²) in [5, 5.41) is 0.381. The number of rotatable bonds is 4. The summed E-state index contributed by atoms with van der Waals surface area (Å²) in [6.07, 6.45) is 0. The molecule has 106 valence electrons. The van der Waals surface area contributed by atoms with E-state index in [4.69, 9.17) is 26.8 Å². The number of methoxy groups -OCH3 is 2. The van der Waals surface area contributed by atoms with E-state index in [1.165, 1.54) is 20.3 Å². The first-order chi connectivity index (χ1) is 9.62. The van der Waals surface area contributed by atoms with Gasteiger partial charge in [0.2, 0.25) is 0 Å². The molecule has 0 radical (unpaired) electrons. The molecule has 3 nitrogen and oxygen atoms in total. The van der Waals surface area contributed by atoms with E-state index < -0.39 is 0 Å². The summed E-state index contributed by atoms with van der Waals surface area (Å²) in [6.45, 7) is 0.131. The number of hydrogen-bond donors (Lipinski definition) is 1. The maximum absolute atomic E-state index is 13.5. The van der Waals surface area contributed by atoms with E-state index in [0.717, 1.165) is 11.1 Å². The lowest BCUT2D eigenvalue weighted by Gasteiger charge is -2.14. The molecule has 0 aromatic heterocycles. The van der Waals surface area contributed by atoms with Gasteiger partial charge in [0.1, 0.15) is 22.3 Å². The Labute approximate surface area is 122 Å². The molecule has 0 aliphatic heterocycles. The largest absolute Gasteiger partial charge is 0.495 e. The van der Waals surface area contributed by atoms with Gasteiger partial charge in [-0.2, -0.15) is 0 Å². The van der Waals surface area contributed by atoms with Gasteiger partial charge < -0.3 is 15.2 Å². The van der Waals surface area contributed by atoms with Crippen LogP contribution in [0.2, 0.25) is 5.02 Å². The first-order valence-electron chi connectivity index (χ1n) is 6.01. The van der Waals surface area contributed by atoms with Crippen molar-refractivity contribution in [1.29, 1.82) is 0 Å². The fourth-order valence-corrected chi connectivity index (χ4v) is 2.34. The van der Waals surface area contributed by atoms with Crippen LogP contribution in [0.3, 0.4) is 0 Å². The number of hydrogen-bond acceptors (Lipinski definition) is 3. The zero-order chi connectivity index (χ0) is 14.7. The van der Waals surface area contributed by atoms with Crippen molar-refractivity contribution >= 4 is 11.6 Å². The molecule has 0 saturated carbocycles. The molecule has 0 spiro atoms. The summed E-state index contributed by atoms with van der Waals surface area (Å²) in [4.78, 5) is 0. The van der Waals surface area contributed by atoms with Gasteiger partial charge in [0.15, 0.2) is 0 Å². The predicted octanol–water partition coefficient (Wildman–Crippen LogP) is 3.62. The van der Waals surface area contributed by atoms with Crippen LogP contribution in [0.1, 0.15) is 5.56 Å². The quantitative estimate of drug-likeness (QED) is 0.937. The van der Waals surface area contributed by atoms with Crippen LogP contribution in [-0.4, -0.2) is 14.2 Å². The van der Waals surface area contributed by atoms with E-state index in [0.29, 0.717) is 22.1 Å². The summed E-state index contributed by atoms with van der Waals surface area (Å²) >= 11 is 6.22. The first-order valence-corrected chi connectivity index (χ1v) is 6.39. The van der Waals surface area contributed by atoms with Crippen LogP contribution in [0.5, 0.6) is 11.5 Å². The molecular formula is C15H15ClFNO2. The second-order valence-corrected chi connectivity index (χ2v) is 4.55. The zero-order valence-electron chi connectivity index (χ0n) is 11.2. The van der Waals surface area contributed by atoms with Gasteiger partial charge in [-0.1, -0.05) is 17.7 Å². The normalized spacial score (nSPS) is 10.4. The predicted molar refractivity (Wildman–Crippen MR) is 77.8 cm³/mol. The minimum Gasteiger partial charge on any atom is -0.495 e. The van der Waals surface area contributed by atoms with Crippen molar-refractivity contribution in [2.24, 2.45) is 5.73 Å². The van der Waals surface area contributed by atoms with Crippen LogP contribution >= 0.6 is 11.6 Å². The summed E-state index contributed by atoms with van der Waals surface area (Å²) in [7, 11) is 3.06. The van der Waals surface area contributed by atoms with Gasteiger partial charge in [-0.25, -0.2) is 4.39 Å². The molecule has 0 unspecified atom stereocenters. The summed E-state index contributed by atoms with van der Waals surface area (Å²) < 4.78 is 24.0. The first kappa shape index (κ1) is 14.6. The highest BCUT2D eigenvalue weighted by Gasteiger charge is 2.15. The van der Waals surface area contributed by atoms with Gasteiger partial charge in [0, 0.05) is 17.7 Å². The van der Waals surface area contributed by atoms with Gasteiger partial charge >= 0.3 is 0 Å². The lowest BCUT2D eigenvalue weighted by molar-refractivity contribution is 0.396. The molecule has 0 heterocycles. The summed E-state index contributed by atoms with van der Waals surface area (Å²) in [6, 6.07) is 8.29. The number of benzene rings is 2. The zero-order valence-corrected chi connectivity index (χ0v) is 12.0. The molecule has 20 heavy (non-hydrogen) atoms. The van der Waals surface area contributed by atoms with Crippen LogP contribution in [-0.2, 0) is 6.54 Å². The second-order valence-electron chi connectivity index (χ2n) is 4.17. The maximum Gasteiger partial charge on any atom is 0.149 e. The van der Waals surface area contributed by atoms with E-state index >= 15 is 0 Å². The van der Waals surface area contributed by atoms with Crippen LogP contribution < -0.4 is 15.2 Å². The van der Waals surface area contributed by atoms with Crippen molar-refractivity contribution in [2.75, 3.05) is 14.2 Å². The van der Waals surface area contributed by atoms with E-state index in [9.17, 15) is 4.39 Å². The SMILES string of the molecule is COc1ccc(-c2ccc(F)c(CN)c2)c(OC)c1Cl. The van der Waals surface area contributed by atoms with E-state index in [1.807, 2.05) is 6.07 Å². The van der Waals surface area contributed by atoms with Gasteiger partial charge in [-0.05, 0) is 29.8 Å². The van der Waals surface area contributed by atoms with Crippen LogP contribution in [0, 0.1) is 5.82 Å². The highest BCUT2D eigenvalue weighted by atomic mass is 35.5. The molecule has 0 bridgehead atoms. The molecule has 0 aliphatic rings. The van der Waals surface area contributed by atoms with Crippen molar-refractivity contribution in [3.05, 3.63) is 46.7 Å². The van der Waals surface area contributed by atoms with Crippen LogP contribution in [0.25, 0.3) is 11.1 Å². The monoisotopic (exact) mass is 295 g/mol. The average molecular weight is 296 g/mol. The third kappa shape index (κ3) is 2.57. The second kappa shape index (κ2) is 6.11. The molecule has 0 amide bonds. The number of halogens is 2. The molecule has 2 rings (SSSR count). The Morgan fingerprint density at radius 2 is 1.90 bits per heavy atom. The highest BCUT2D eigenvalue weighted by molar-refractivity contribution is 6.34. The Kier molecular flexibility index (Phi) is 4.47. The lowest BCUT2D eigenvalue weighted by atomic mass is 10.0. The molecular weight excluding hydrogens is 281 g/mol. The average Bonchev–Trinajstić information content (AvgIpc) is 2.47. The molecule has 0 saturated heterocycles. The molecule has 0 fully saturated rings. The Morgan fingerprint density at radius 1 is 1.15 bits per heavy atom. The van der Waals surface area contributed by atoms with Crippen molar-refractivity contribution in [2.45, 2.75) is 6.54 Å². The molecule has 2 aromatic carbocycles. The third-order valence-electron chi connectivity index (χ3n) is 3.06. The minimum atomic E-state index is -0.324. The summed E-state index contributed by atoms with van der Waals surface area (Å²) in [5.74, 6) is 0.684. The number of ether oxygens (including phenoxy) is 2. The van der Waals surface area contributed by atoms with Gasteiger partial charge in [-0.15, -0.1) is 0 Å². The standard InChI is InChI=1S/C15H15ClFNO2/c1-19-13-6-4-11(15(20-2)14(13)16)9-3-5-12(17)10(7-9)8-18/h3-7H,8,18H2,1-2H3. The van der Waals surface area contributed by atoms with Gasteiger partial charge in [0.25, 0.3) is 0 Å². The van der Waals surface area contributed by atoms with E-state index in [2.05, 4.69) is 0 Å². The highest BCUT2D eigenvalue weighted by Crippen LogP contribution is 2.41. The van der Waals surface area contributed by atoms with E-state index in [1.54, 1.807) is 18.2 Å². The molecule has 0 atom stereocenters. The van der Waals surface area contributed by atoms with Crippen LogP contribution in [0.15, 0.2) is 30.3 Å². The Morgan fingerprint density at radius 3 is 2.50 bits per heavy atom. The summed E-state index contributed by atoms with van der Waals surface area (Å²) in [5.41, 5.74) is 7.51. The van der Waals surface area contributed by atoms with Crippen molar-refractivity contribution in [3.63, 3.8) is 0 Å². The number of nitrogens with two attached hydrogens (primary N) is 1. The third-order valence-corrected chi connectivity index (χ3v) is 3.42.